The molecule has 9 heteroatoms. The van der Waals surface area contributed by atoms with Crippen molar-refractivity contribution in [1.82, 2.24) is 44.9 Å². The summed E-state index contributed by atoms with van der Waals surface area (Å²) >= 11 is 0. The topological polar surface area (TPSA) is 116 Å². The molecule has 26 rings (SSSR count). The zero-order valence-electron chi connectivity index (χ0n) is 75.9. The van der Waals surface area contributed by atoms with Crippen LogP contribution in [0.5, 0.6) is 0 Å². The molecule has 9 nitrogen and oxygen atoms in total. The summed E-state index contributed by atoms with van der Waals surface area (Å²) in [5.74, 6) is 6.13. The molecule has 0 fully saturated rings. The highest BCUT2D eigenvalue weighted by Gasteiger charge is 2.41. The minimum Gasteiger partial charge on any atom is -0.208 e. The molecule has 0 spiro atoms. The van der Waals surface area contributed by atoms with E-state index in [0.29, 0.717) is 52.4 Å². The van der Waals surface area contributed by atoms with Gasteiger partial charge in [-0.2, -0.15) is 0 Å². The molecule has 0 saturated heterocycles. The Morgan fingerprint density at radius 2 is 0.308 bits per heavy atom. The van der Waals surface area contributed by atoms with Crippen LogP contribution in [0, 0.1) is 0 Å². The Labute approximate surface area is 775 Å². The van der Waals surface area contributed by atoms with E-state index in [1.165, 1.54) is 127 Å². The van der Waals surface area contributed by atoms with Gasteiger partial charge < -0.3 is 0 Å². The van der Waals surface area contributed by atoms with Crippen LogP contribution in [0.15, 0.2) is 382 Å². The molecule has 0 amide bonds. The molecular formula is C124H93N9. The van der Waals surface area contributed by atoms with Gasteiger partial charge in [-0.15, -0.1) is 0 Å². The van der Waals surface area contributed by atoms with Crippen LogP contribution in [0.1, 0.15) is 125 Å². The predicted molar refractivity (Wildman–Crippen MR) is 546 cm³/mol. The smallest absolute Gasteiger partial charge is 0.164 e. The van der Waals surface area contributed by atoms with Gasteiger partial charge in [-0.25, -0.2) is 44.9 Å². The number of hydrogen-bond acceptors (Lipinski definition) is 9. The quantitative estimate of drug-likeness (QED) is 0.139. The number of rotatable bonds is 9. The molecule has 0 N–H and O–H groups in total. The first-order valence-electron chi connectivity index (χ1n) is 46.1. The maximum absolute atomic E-state index is 5.20. The first-order chi connectivity index (χ1) is 64.6. The highest BCUT2D eigenvalue weighted by atomic mass is 15.1. The molecule has 21 aromatic rings. The predicted octanol–water partition coefficient (Wildman–Crippen LogP) is 30.8. The van der Waals surface area contributed by atoms with Gasteiger partial charge in [0.1, 0.15) is 0 Å². The SMILES string of the molecule is CC1(C)c2ccccc2-c2ccc(-c3nc(-c4ccc5c(c4)C(C)(C)c4ccccc4-5)nc(-c4ccc5ccccc5c4)n3)cc21.CC1(C)c2ccccc2-c2ccc(-c3nc(-c4ccc5c(c4)C(C)(C)c4ccccc4-5)nc(-c4cccc5ccccc45)n3)cc21.CC1(C)c2ccccc2-c2ccc(-c3nc(-c4ccc5ccccc5c4)nc(-c4ccc5ccccc5c4)n3)cc21. The van der Waals surface area contributed by atoms with Crippen LogP contribution >= 0.6 is 0 Å². The summed E-state index contributed by atoms with van der Waals surface area (Å²) in [6, 6.07) is 136. The Kier molecular flexibility index (Phi) is 18.5. The Morgan fingerprint density at radius 1 is 0.128 bits per heavy atom. The fraction of sp³-hybridized carbons (Fsp3) is 0.121. The lowest BCUT2D eigenvalue weighted by molar-refractivity contribution is 0.660. The van der Waals surface area contributed by atoms with Crippen molar-refractivity contribution < 1.29 is 0 Å². The highest BCUT2D eigenvalue weighted by molar-refractivity contribution is 5.97. The van der Waals surface area contributed by atoms with E-state index in [0.717, 1.165) is 77.0 Å². The van der Waals surface area contributed by atoms with Crippen LogP contribution in [0.2, 0.25) is 0 Å². The van der Waals surface area contributed by atoms with E-state index >= 15 is 0 Å². The van der Waals surface area contributed by atoms with E-state index in [2.05, 4.69) is 451 Å². The van der Waals surface area contributed by atoms with Crippen molar-refractivity contribution in [3.05, 3.63) is 438 Å². The summed E-state index contributed by atoms with van der Waals surface area (Å²) in [5, 5.41) is 9.37. The van der Waals surface area contributed by atoms with E-state index in [9.17, 15) is 0 Å². The van der Waals surface area contributed by atoms with Gasteiger partial charge >= 0.3 is 0 Å². The summed E-state index contributed by atoms with van der Waals surface area (Å²) in [6.45, 7) is 23.1. The summed E-state index contributed by atoms with van der Waals surface area (Å²) in [4.78, 5) is 46.2. The van der Waals surface area contributed by atoms with Crippen LogP contribution in [0.4, 0.5) is 0 Å². The molecule has 3 heterocycles. The van der Waals surface area contributed by atoms with Gasteiger partial charge in [0.2, 0.25) is 0 Å². The van der Waals surface area contributed by atoms with Gasteiger partial charge in [0.05, 0.1) is 0 Å². The van der Waals surface area contributed by atoms with E-state index in [1.54, 1.807) is 0 Å². The molecule has 0 bridgehead atoms. The molecule has 0 unspecified atom stereocenters. The molecule has 0 saturated carbocycles. The summed E-state index contributed by atoms with van der Waals surface area (Å²) < 4.78 is 0. The van der Waals surface area contributed by atoms with Gasteiger partial charge in [0.25, 0.3) is 0 Å². The van der Waals surface area contributed by atoms with Crippen molar-refractivity contribution in [1.29, 1.82) is 0 Å². The van der Waals surface area contributed by atoms with Gasteiger partial charge in [-0.05, 0) is 203 Å². The Morgan fingerprint density at radius 3 is 0.571 bits per heavy atom. The minimum absolute atomic E-state index is 0.0999. The zero-order chi connectivity index (χ0) is 90.0. The van der Waals surface area contributed by atoms with E-state index < -0.39 is 0 Å². The van der Waals surface area contributed by atoms with Gasteiger partial charge in [-0.1, -0.05) is 403 Å². The van der Waals surface area contributed by atoms with Crippen LogP contribution in [0.3, 0.4) is 0 Å². The molecule has 5 aliphatic carbocycles. The monoisotopic (exact) mass is 1710 g/mol. The minimum atomic E-state index is -0.114. The van der Waals surface area contributed by atoms with E-state index in [4.69, 9.17) is 44.9 Å². The molecule has 634 valence electrons. The third-order valence-electron chi connectivity index (χ3n) is 29.2. The van der Waals surface area contributed by atoms with Gasteiger partial charge in [0.15, 0.2) is 52.4 Å². The van der Waals surface area contributed by atoms with Gasteiger partial charge in [0, 0.05) is 77.1 Å². The lowest BCUT2D eigenvalue weighted by Gasteiger charge is -2.22. The fourth-order valence-electron chi connectivity index (χ4n) is 21.9. The number of hydrogen-bond donors (Lipinski definition) is 0. The third kappa shape index (κ3) is 13.3. The molecule has 5 aliphatic rings. The van der Waals surface area contributed by atoms with Crippen molar-refractivity contribution in [2.75, 3.05) is 0 Å². The van der Waals surface area contributed by atoms with Crippen molar-refractivity contribution in [2.24, 2.45) is 0 Å². The fourth-order valence-corrected chi connectivity index (χ4v) is 21.9. The van der Waals surface area contributed by atoms with Crippen molar-refractivity contribution in [3.63, 3.8) is 0 Å². The van der Waals surface area contributed by atoms with Crippen molar-refractivity contribution in [2.45, 2.75) is 96.3 Å². The van der Waals surface area contributed by atoms with Gasteiger partial charge in [-0.3, -0.25) is 0 Å². The Balaban J connectivity index is 0.000000110. The zero-order valence-corrected chi connectivity index (χ0v) is 75.9. The summed E-state index contributed by atoms with van der Waals surface area (Å²) in [7, 11) is 0. The molecule has 3 aromatic heterocycles. The molecular weight excluding hydrogens is 1620 g/mol. The Hall–Kier alpha value is -16.0. The second-order valence-corrected chi connectivity index (χ2v) is 38.8. The molecule has 133 heavy (non-hydrogen) atoms. The van der Waals surface area contributed by atoms with Crippen molar-refractivity contribution in [3.8, 4) is 158 Å². The van der Waals surface area contributed by atoms with Crippen LogP contribution in [0.25, 0.3) is 201 Å². The number of nitrogens with zero attached hydrogens (tertiary/aromatic N) is 9. The second kappa shape index (κ2) is 30.6. The third-order valence-corrected chi connectivity index (χ3v) is 29.2. The molecule has 0 radical (unpaired) electrons. The highest BCUT2D eigenvalue weighted by Crippen LogP contribution is 2.56. The van der Waals surface area contributed by atoms with E-state index in [-0.39, 0.29) is 27.1 Å². The molecule has 0 atom stereocenters. The lowest BCUT2D eigenvalue weighted by Crippen LogP contribution is -2.15. The number of benzene rings is 18. The number of fused-ring (bicyclic) bond motifs is 19. The maximum Gasteiger partial charge on any atom is 0.164 e. The first-order valence-corrected chi connectivity index (χ1v) is 46.1. The Bertz CT molecular complexity index is 8100. The lowest BCUT2D eigenvalue weighted by atomic mass is 9.82. The van der Waals surface area contributed by atoms with Crippen LogP contribution in [-0.4, -0.2) is 44.9 Å². The second-order valence-electron chi connectivity index (χ2n) is 38.8. The molecule has 18 aromatic carbocycles. The number of aromatic nitrogens is 9. The maximum atomic E-state index is 5.20. The molecule has 0 aliphatic heterocycles. The average Bonchev–Trinajstić information content (AvgIpc) is 1.59. The standard InChI is InChI=1S/2C43H33N3.C38H27N3/c1-42(2)35-18-9-7-15-30(35)32-22-20-27(24-37(32)42)39-44-40(46-41(45-39)34-17-11-13-26-12-5-6-14-29(26)34)28-21-23-33-31-16-8-10-19-36(31)43(3,4)38(33)25-28;1-42(2)35-15-9-7-13-31(35)33-21-19-29(24-37(33)42)40-44-39(28-18-17-26-11-5-6-12-27(26)23-28)45-41(46-40)30-20-22-34-32-14-8-10-16-36(32)43(3,4)38(34)25-30;1-38(2)33-14-8-7-13-31(33)32-20-19-30(23-34(32)38)37-40-35(28-17-15-24-9-3-5-11-26(24)21-28)39-36(41-37)29-18-16-25-10-4-6-12-27(25)22-29/h2*5-25H,1-4H3;3-23H,1-2H3. The van der Waals surface area contributed by atoms with Crippen molar-refractivity contribution >= 4 is 43.1 Å². The normalized spacial score (nSPS) is 14.4. The van der Waals surface area contributed by atoms with Crippen LogP contribution < -0.4 is 0 Å². The first kappa shape index (κ1) is 80.4. The van der Waals surface area contributed by atoms with Crippen LogP contribution in [-0.2, 0) is 27.1 Å². The summed E-state index contributed by atoms with van der Waals surface area (Å²) in [6.07, 6.45) is 0. The average molecular weight is 1710 g/mol. The summed E-state index contributed by atoms with van der Waals surface area (Å²) in [5.41, 5.74) is 34.7. The largest absolute Gasteiger partial charge is 0.208 e. The van der Waals surface area contributed by atoms with E-state index in [1.807, 2.05) is 0 Å².